The molecule has 5 nitrogen and oxygen atoms in total. The molecule has 0 saturated carbocycles. The molecule has 2 rings (SSSR count). The average molecular weight is 284 g/mol. The van der Waals surface area contributed by atoms with Crippen LogP contribution in [-0.4, -0.2) is 38.0 Å². The summed E-state index contributed by atoms with van der Waals surface area (Å²) in [5.41, 5.74) is 6.71. The lowest BCUT2D eigenvalue weighted by Gasteiger charge is -2.37. The van der Waals surface area contributed by atoms with Gasteiger partial charge in [-0.15, -0.1) is 0 Å². The van der Waals surface area contributed by atoms with Crippen LogP contribution in [0.3, 0.4) is 0 Å². The third-order valence-electron chi connectivity index (χ3n) is 3.28. The van der Waals surface area contributed by atoms with E-state index >= 15 is 0 Å². The van der Waals surface area contributed by atoms with E-state index in [-0.39, 0.29) is 4.90 Å². The molecule has 1 aliphatic heterocycles. The van der Waals surface area contributed by atoms with Crippen molar-refractivity contribution < 1.29 is 13.2 Å². The molecule has 2 N–H and O–H groups in total. The number of sulfonamides is 1. The van der Waals surface area contributed by atoms with Gasteiger partial charge in [-0.3, -0.25) is 0 Å². The van der Waals surface area contributed by atoms with Crippen molar-refractivity contribution in [2.24, 2.45) is 0 Å². The number of nitrogens with zero attached hydrogens (tertiary/aromatic N) is 1. The molecule has 0 bridgehead atoms. The minimum absolute atomic E-state index is 0.244. The molecule has 106 valence electrons. The van der Waals surface area contributed by atoms with Gasteiger partial charge in [0.25, 0.3) is 0 Å². The van der Waals surface area contributed by atoms with Crippen LogP contribution >= 0.6 is 0 Å². The van der Waals surface area contributed by atoms with Crippen molar-refractivity contribution in [3.8, 4) is 0 Å². The summed E-state index contributed by atoms with van der Waals surface area (Å²) in [6.07, 6.45) is 0. The van der Waals surface area contributed by atoms with Crippen LogP contribution in [0, 0.1) is 6.92 Å². The van der Waals surface area contributed by atoms with E-state index < -0.39 is 15.6 Å². The lowest BCUT2D eigenvalue weighted by Crippen LogP contribution is -2.50. The number of hydrogen-bond acceptors (Lipinski definition) is 4. The number of anilines is 1. The van der Waals surface area contributed by atoms with Crippen LogP contribution < -0.4 is 5.73 Å². The van der Waals surface area contributed by atoms with Crippen LogP contribution in [0.25, 0.3) is 0 Å². The first kappa shape index (κ1) is 14.3. The summed E-state index contributed by atoms with van der Waals surface area (Å²) in [5.74, 6) is 0. The fourth-order valence-corrected chi connectivity index (χ4v) is 3.72. The molecule has 1 aromatic carbocycles. The van der Waals surface area contributed by atoms with Crippen molar-refractivity contribution in [2.45, 2.75) is 31.3 Å². The Balaban J connectivity index is 2.34. The fraction of sp³-hybridized carbons (Fsp3) is 0.538. The van der Waals surface area contributed by atoms with Crippen molar-refractivity contribution >= 4 is 15.7 Å². The number of aryl methyl sites for hydroxylation is 1. The number of ether oxygens (including phenoxy) is 1. The van der Waals surface area contributed by atoms with Crippen LogP contribution in [0.1, 0.15) is 19.4 Å². The zero-order chi connectivity index (χ0) is 14.3. The van der Waals surface area contributed by atoms with Crippen LogP contribution in [0.4, 0.5) is 5.69 Å². The first-order valence-corrected chi connectivity index (χ1v) is 7.67. The monoisotopic (exact) mass is 284 g/mol. The molecule has 0 unspecified atom stereocenters. The molecule has 0 spiro atoms. The number of hydrogen-bond donors (Lipinski definition) is 1. The van der Waals surface area contributed by atoms with Gasteiger partial charge in [-0.1, -0.05) is 6.07 Å². The number of rotatable bonds is 2. The molecule has 1 aliphatic rings. The molecule has 6 heteroatoms. The third kappa shape index (κ3) is 2.91. The highest BCUT2D eigenvalue weighted by atomic mass is 32.2. The van der Waals surface area contributed by atoms with E-state index in [4.69, 9.17) is 10.5 Å². The standard InChI is InChI=1S/C13H20N2O3S/c1-10-4-5-11(8-12(10)14)19(16,17)15-6-7-18-13(2,3)9-15/h4-5,8H,6-7,9,14H2,1-3H3. The van der Waals surface area contributed by atoms with Gasteiger partial charge in [0.2, 0.25) is 10.0 Å². The van der Waals surface area contributed by atoms with Gasteiger partial charge in [0.05, 0.1) is 17.1 Å². The maximum Gasteiger partial charge on any atom is 0.243 e. The second-order valence-electron chi connectivity index (χ2n) is 5.47. The van der Waals surface area contributed by atoms with Gasteiger partial charge in [-0.05, 0) is 38.5 Å². The van der Waals surface area contributed by atoms with Gasteiger partial charge in [-0.25, -0.2) is 8.42 Å². The van der Waals surface area contributed by atoms with Crippen molar-refractivity contribution in [1.82, 2.24) is 4.31 Å². The van der Waals surface area contributed by atoms with Crippen LogP contribution in [-0.2, 0) is 14.8 Å². The number of benzene rings is 1. The largest absolute Gasteiger partial charge is 0.398 e. The molecule has 1 aromatic rings. The Morgan fingerprint density at radius 2 is 2.05 bits per heavy atom. The summed E-state index contributed by atoms with van der Waals surface area (Å²) in [6, 6.07) is 4.85. The SMILES string of the molecule is Cc1ccc(S(=O)(=O)N2CCOC(C)(C)C2)cc1N. The number of morpholine rings is 1. The molecule has 0 aromatic heterocycles. The zero-order valence-electron chi connectivity index (χ0n) is 11.5. The Labute approximate surface area is 114 Å². The van der Waals surface area contributed by atoms with E-state index in [1.54, 1.807) is 12.1 Å². The molecule has 19 heavy (non-hydrogen) atoms. The van der Waals surface area contributed by atoms with Gasteiger partial charge in [0.1, 0.15) is 0 Å². The van der Waals surface area contributed by atoms with Crippen molar-refractivity contribution in [3.05, 3.63) is 23.8 Å². The Kier molecular flexibility index (Phi) is 3.59. The Morgan fingerprint density at radius 1 is 1.37 bits per heavy atom. The molecule has 1 saturated heterocycles. The highest BCUT2D eigenvalue weighted by molar-refractivity contribution is 7.89. The first-order chi connectivity index (χ1) is 8.72. The Bertz CT molecular complexity index is 582. The van der Waals surface area contributed by atoms with Crippen LogP contribution in [0.2, 0.25) is 0 Å². The van der Waals surface area contributed by atoms with Crippen LogP contribution in [0.5, 0.6) is 0 Å². The number of nitrogens with two attached hydrogens (primary N) is 1. The average Bonchev–Trinajstić information content (AvgIpc) is 2.31. The lowest BCUT2D eigenvalue weighted by atomic mass is 10.1. The van der Waals surface area contributed by atoms with E-state index in [1.165, 1.54) is 10.4 Å². The van der Waals surface area contributed by atoms with Gasteiger partial charge < -0.3 is 10.5 Å². The lowest BCUT2D eigenvalue weighted by molar-refractivity contribution is -0.0640. The molecular weight excluding hydrogens is 264 g/mol. The predicted molar refractivity (Wildman–Crippen MR) is 74.4 cm³/mol. The molecule has 0 radical (unpaired) electrons. The Morgan fingerprint density at radius 3 is 2.63 bits per heavy atom. The molecule has 1 fully saturated rings. The summed E-state index contributed by atoms with van der Waals surface area (Å²) < 4.78 is 32.1. The molecular formula is C13H20N2O3S. The predicted octanol–water partition coefficient (Wildman–Crippen LogP) is 1.38. The van der Waals surface area contributed by atoms with Crippen molar-refractivity contribution in [3.63, 3.8) is 0 Å². The summed E-state index contributed by atoms with van der Waals surface area (Å²) in [5, 5.41) is 0. The third-order valence-corrected chi connectivity index (χ3v) is 5.12. The topological polar surface area (TPSA) is 72.6 Å². The minimum Gasteiger partial charge on any atom is -0.398 e. The maximum atomic E-state index is 12.6. The molecule has 0 aliphatic carbocycles. The second kappa shape index (κ2) is 4.77. The minimum atomic E-state index is -3.50. The maximum absolute atomic E-state index is 12.6. The van der Waals surface area contributed by atoms with E-state index in [1.807, 2.05) is 20.8 Å². The fourth-order valence-electron chi connectivity index (χ4n) is 2.11. The quantitative estimate of drug-likeness (QED) is 0.833. The Hall–Kier alpha value is -1.11. The number of nitrogen functional groups attached to an aromatic ring is 1. The summed E-state index contributed by atoms with van der Waals surface area (Å²) in [4.78, 5) is 0.244. The normalized spacial score (nSPS) is 20.4. The highest BCUT2D eigenvalue weighted by Crippen LogP contribution is 2.25. The second-order valence-corrected chi connectivity index (χ2v) is 7.40. The van der Waals surface area contributed by atoms with Gasteiger partial charge in [-0.2, -0.15) is 4.31 Å². The van der Waals surface area contributed by atoms with Gasteiger partial charge in [0, 0.05) is 18.8 Å². The van der Waals surface area contributed by atoms with Crippen molar-refractivity contribution in [2.75, 3.05) is 25.4 Å². The van der Waals surface area contributed by atoms with E-state index in [2.05, 4.69) is 0 Å². The van der Waals surface area contributed by atoms with Gasteiger partial charge >= 0.3 is 0 Å². The smallest absolute Gasteiger partial charge is 0.243 e. The summed E-state index contributed by atoms with van der Waals surface area (Å²) in [7, 11) is -3.50. The molecule has 0 amide bonds. The summed E-state index contributed by atoms with van der Waals surface area (Å²) in [6.45, 7) is 6.76. The highest BCUT2D eigenvalue weighted by Gasteiger charge is 2.34. The van der Waals surface area contributed by atoms with E-state index in [9.17, 15) is 8.42 Å². The molecule has 0 atom stereocenters. The first-order valence-electron chi connectivity index (χ1n) is 6.23. The van der Waals surface area contributed by atoms with Crippen LogP contribution in [0.15, 0.2) is 23.1 Å². The van der Waals surface area contributed by atoms with E-state index in [0.717, 1.165) is 5.56 Å². The van der Waals surface area contributed by atoms with Crippen molar-refractivity contribution in [1.29, 1.82) is 0 Å². The zero-order valence-corrected chi connectivity index (χ0v) is 12.3. The van der Waals surface area contributed by atoms with Gasteiger partial charge in [0.15, 0.2) is 0 Å². The summed E-state index contributed by atoms with van der Waals surface area (Å²) >= 11 is 0. The van der Waals surface area contributed by atoms with E-state index in [0.29, 0.717) is 25.4 Å². The molecule has 1 heterocycles.